The van der Waals surface area contributed by atoms with E-state index in [1.54, 1.807) is 0 Å². The van der Waals surface area contributed by atoms with Crippen LogP contribution in [0.5, 0.6) is 0 Å². The number of hydrogen-bond acceptors (Lipinski definition) is 3. The molecule has 122 valence electrons. The molecule has 1 aromatic rings. The van der Waals surface area contributed by atoms with Gasteiger partial charge in [0.05, 0.1) is 6.54 Å². The monoisotopic (exact) mass is 323 g/mol. The number of carbonyl (C=O) groups is 1. The van der Waals surface area contributed by atoms with Crippen LogP contribution < -0.4 is 10.6 Å². The maximum absolute atomic E-state index is 12.3. The van der Waals surface area contributed by atoms with Gasteiger partial charge in [-0.2, -0.15) is 0 Å². The van der Waals surface area contributed by atoms with E-state index in [-0.39, 0.29) is 18.3 Å². The number of anilines is 1. The molecule has 1 amide bonds. The summed E-state index contributed by atoms with van der Waals surface area (Å²) in [6.45, 7) is 8.93. The zero-order valence-electron chi connectivity index (χ0n) is 13.4. The summed E-state index contributed by atoms with van der Waals surface area (Å²) in [5, 5.41) is 6.54. The van der Waals surface area contributed by atoms with Gasteiger partial charge in [-0.25, -0.2) is 0 Å². The van der Waals surface area contributed by atoms with Crippen LogP contribution in [0.1, 0.15) is 24.0 Å². The molecule has 2 heterocycles. The highest BCUT2D eigenvalue weighted by Crippen LogP contribution is 2.35. The van der Waals surface area contributed by atoms with Gasteiger partial charge in [-0.15, -0.1) is 12.4 Å². The number of aryl methyl sites for hydroxylation is 2. The third-order valence-electron chi connectivity index (χ3n) is 4.96. The highest BCUT2D eigenvalue weighted by atomic mass is 35.5. The smallest absolute Gasteiger partial charge is 0.238 e. The molecule has 0 radical (unpaired) electrons. The van der Waals surface area contributed by atoms with Crippen LogP contribution in [-0.4, -0.2) is 43.5 Å². The minimum atomic E-state index is 0. The fraction of sp³-hybridized carbons (Fsp3) is 0.588. The average Bonchev–Trinajstić information content (AvgIpc) is 3.05. The number of likely N-dealkylation sites (tertiary alicyclic amines) is 1. The number of amides is 1. The predicted octanol–water partition coefficient (Wildman–Crippen LogP) is 2.35. The van der Waals surface area contributed by atoms with Crippen molar-refractivity contribution in [2.75, 3.05) is 38.0 Å². The third-order valence-corrected chi connectivity index (χ3v) is 4.96. The van der Waals surface area contributed by atoms with Gasteiger partial charge in [0.25, 0.3) is 0 Å². The SMILES string of the molecule is Cc1cccc(C)c1NC(=O)CN1CCC2(CCNC2)C1.Cl. The van der Waals surface area contributed by atoms with Crippen molar-refractivity contribution in [3.8, 4) is 0 Å². The Bertz CT molecular complexity index is 520. The summed E-state index contributed by atoms with van der Waals surface area (Å²) in [6.07, 6.45) is 2.47. The Morgan fingerprint density at radius 2 is 2.05 bits per heavy atom. The molecule has 1 unspecified atom stereocenters. The highest BCUT2D eigenvalue weighted by Gasteiger charge is 2.40. The molecule has 0 aliphatic carbocycles. The van der Waals surface area contributed by atoms with Gasteiger partial charge in [0.15, 0.2) is 0 Å². The molecule has 0 aromatic heterocycles. The summed E-state index contributed by atoms with van der Waals surface area (Å²) < 4.78 is 0. The fourth-order valence-corrected chi connectivity index (χ4v) is 3.70. The predicted molar refractivity (Wildman–Crippen MR) is 92.8 cm³/mol. The first-order valence-corrected chi connectivity index (χ1v) is 7.87. The topological polar surface area (TPSA) is 44.4 Å². The first kappa shape index (κ1) is 17.3. The normalized spacial score (nSPS) is 24.5. The first-order chi connectivity index (χ1) is 10.1. The lowest BCUT2D eigenvalue weighted by Crippen LogP contribution is -2.34. The quantitative estimate of drug-likeness (QED) is 0.897. The van der Waals surface area contributed by atoms with Gasteiger partial charge in [-0.3, -0.25) is 9.69 Å². The molecule has 1 atom stereocenters. The summed E-state index contributed by atoms with van der Waals surface area (Å²) >= 11 is 0. The minimum Gasteiger partial charge on any atom is -0.324 e. The zero-order valence-corrected chi connectivity index (χ0v) is 14.3. The zero-order chi connectivity index (χ0) is 14.9. The van der Waals surface area contributed by atoms with Gasteiger partial charge >= 0.3 is 0 Å². The van der Waals surface area contributed by atoms with E-state index in [2.05, 4.69) is 15.5 Å². The van der Waals surface area contributed by atoms with Crippen molar-refractivity contribution < 1.29 is 4.79 Å². The molecular formula is C17H26ClN3O. The van der Waals surface area contributed by atoms with Crippen LogP contribution in [0.25, 0.3) is 0 Å². The number of nitrogens with one attached hydrogen (secondary N) is 2. The molecule has 0 bridgehead atoms. The highest BCUT2D eigenvalue weighted by molar-refractivity contribution is 5.93. The molecule has 2 fully saturated rings. The van der Waals surface area contributed by atoms with E-state index in [9.17, 15) is 4.79 Å². The van der Waals surface area contributed by atoms with E-state index in [0.717, 1.165) is 43.0 Å². The first-order valence-electron chi connectivity index (χ1n) is 7.87. The summed E-state index contributed by atoms with van der Waals surface area (Å²) in [7, 11) is 0. The Labute approximate surface area is 139 Å². The third kappa shape index (κ3) is 3.62. The molecule has 2 aliphatic heterocycles. The molecule has 5 heteroatoms. The van der Waals surface area contributed by atoms with Gasteiger partial charge in [-0.05, 0) is 56.3 Å². The Hall–Kier alpha value is -1.10. The van der Waals surface area contributed by atoms with Crippen molar-refractivity contribution >= 4 is 24.0 Å². The van der Waals surface area contributed by atoms with Crippen molar-refractivity contribution in [2.45, 2.75) is 26.7 Å². The Balaban J connectivity index is 0.00000176. The lowest BCUT2D eigenvalue weighted by atomic mass is 9.87. The van der Waals surface area contributed by atoms with Crippen LogP contribution in [0.2, 0.25) is 0 Å². The number of hydrogen-bond donors (Lipinski definition) is 2. The number of nitrogens with zero attached hydrogens (tertiary/aromatic N) is 1. The van der Waals surface area contributed by atoms with Crippen LogP contribution in [0, 0.1) is 19.3 Å². The lowest BCUT2D eigenvalue weighted by molar-refractivity contribution is -0.117. The van der Waals surface area contributed by atoms with E-state index in [1.807, 2.05) is 32.0 Å². The van der Waals surface area contributed by atoms with Gasteiger partial charge in [0.2, 0.25) is 5.91 Å². The number of carbonyl (C=O) groups excluding carboxylic acids is 1. The van der Waals surface area contributed by atoms with Crippen molar-refractivity contribution in [1.82, 2.24) is 10.2 Å². The molecule has 1 aromatic carbocycles. The van der Waals surface area contributed by atoms with Crippen LogP contribution in [0.3, 0.4) is 0 Å². The largest absolute Gasteiger partial charge is 0.324 e. The summed E-state index contributed by atoms with van der Waals surface area (Å²) in [5.41, 5.74) is 3.65. The van der Waals surface area contributed by atoms with Crippen molar-refractivity contribution in [1.29, 1.82) is 0 Å². The Kier molecular flexibility index (Phi) is 5.48. The molecule has 0 saturated carbocycles. The van der Waals surface area contributed by atoms with Gasteiger partial charge in [-0.1, -0.05) is 18.2 Å². The molecule has 2 saturated heterocycles. The average molecular weight is 324 g/mol. The molecule has 22 heavy (non-hydrogen) atoms. The van der Waals surface area contributed by atoms with Crippen LogP contribution in [0.4, 0.5) is 5.69 Å². The second-order valence-corrected chi connectivity index (χ2v) is 6.70. The number of benzene rings is 1. The van der Waals surface area contributed by atoms with Gasteiger partial charge < -0.3 is 10.6 Å². The number of para-hydroxylation sites is 1. The van der Waals surface area contributed by atoms with E-state index in [0.29, 0.717) is 12.0 Å². The summed E-state index contributed by atoms with van der Waals surface area (Å²) in [5.74, 6) is 0.107. The van der Waals surface area contributed by atoms with Crippen LogP contribution in [-0.2, 0) is 4.79 Å². The van der Waals surface area contributed by atoms with Crippen LogP contribution >= 0.6 is 12.4 Å². The van der Waals surface area contributed by atoms with E-state index in [1.165, 1.54) is 12.8 Å². The summed E-state index contributed by atoms with van der Waals surface area (Å²) in [4.78, 5) is 14.6. The molecule has 2 aliphatic rings. The second-order valence-electron chi connectivity index (χ2n) is 6.70. The molecule has 2 N–H and O–H groups in total. The second kappa shape index (κ2) is 6.99. The molecule has 3 rings (SSSR count). The van der Waals surface area contributed by atoms with Crippen LogP contribution in [0.15, 0.2) is 18.2 Å². The fourth-order valence-electron chi connectivity index (χ4n) is 3.70. The Morgan fingerprint density at radius 1 is 1.32 bits per heavy atom. The van der Waals surface area contributed by atoms with Gasteiger partial charge in [0, 0.05) is 18.8 Å². The number of rotatable bonds is 3. The van der Waals surface area contributed by atoms with Crippen molar-refractivity contribution in [2.24, 2.45) is 5.41 Å². The maximum atomic E-state index is 12.3. The standard InChI is InChI=1S/C17H25N3O.ClH/c1-13-4-3-5-14(2)16(13)19-15(21)10-20-9-7-17(12-20)6-8-18-11-17;/h3-5,18H,6-12H2,1-2H3,(H,19,21);1H. The lowest BCUT2D eigenvalue weighted by Gasteiger charge is -2.22. The van der Waals surface area contributed by atoms with Gasteiger partial charge in [0.1, 0.15) is 0 Å². The summed E-state index contributed by atoms with van der Waals surface area (Å²) in [6, 6.07) is 6.10. The maximum Gasteiger partial charge on any atom is 0.238 e. The number of halogens is 1. The van der Waals surface area contributed by atoms with E-state index in [4.69, 9.17) is 0 Å². The van der Waals surface area contributed by atoms with Crippen molar-refractivity contribution in [3.05, 3.63) is 29.3 Å². The molecule has 1 spiro atoms. The van der Waals surface area contributed by atoms with E-state index < -0.39 is 0 Å². The molecule has 4 nitrogen and oxygen atoms in total. The van der Waals surface area contributed by atoms with E-state index >= 15 is 0 Å². The molecular weight excluding hydrogens is 298 g/mol. The van der Waals surface area contributed by atoms with Crippen molar-refractivity contribution in [3.63, 3.8) is 0 Å². The Morgan fingerprint density at radius 3 is 2.68 bits per heavy atom. The minimum absolute atomic E-state index is 0.